The Labute approximate surface area is 355 Å². The summed E-state index contributed by atoms with van der Waals surface area (Å²) >= 11 is 0. The molecule has 4 heteroatoms. The average molecular weight is 787 g/mol. The fourth-order valence-electron chi connectivity index (χ4n) is 10.7. The van der Waals surface area contributed by atoms with Gasteiger partial charge in [-0.05, 0) is 62.0 Å². The van der Waals surface area contributed by atoms with Crippen LogP contribution in [0, 0.1) is 0 Å². The molecule has 0 spiro atoms. The normalized spacial score (nSPS) is 12.2. The van der Waals surface area contributed by atoms with Gasteiger partial charge in [0.2, 0.25) is 5.95 Å². The zero-order valence-electron chi connectivity index (χ0n) is 33.4. The summed E-state index contributed by atoms with van der Waals surface area (Å²) < 4.78 is 4.89. The number of hydrogen-bond donors (Lipinski definition) is 0. The molecule has 0 radical (unpaired) electrons. The number of nitrogens with zero attached hydrogens (tertiary/aromatic N) is 4. The lowest BCUT2D eigenvalue weighted by molar-refractivity contribution is 1.01. The van der Waals surface area contributed by atoms with E-state index in [9.17, 15) is 0 Å². The highest BCUT2D eigenvalue weighted by Crippen LogP contribution is 2.50. The minimum absolute atomic E-state index is 0.641. The molecule has 3 aromatic heterocycles. The maximum atomic E-state index is 5.61. The van der Waals surface area contributed by atoms with Gasteiger partial charge in [0.25, 0.3) is 0 Å². The summed E-state index contributed by atoms with van der Waals surface area (Å²) in [5, 5.41) is 18.0. The van der Waals surface area contributed by atoms with Gasteiger partial charge in [-0.25, -0.2) is 9.97 Å². The van der Waals surface area contributed by atoms with Gasteiger partial charge >= 0.3 is 0 Å². The van der Waals surface area contributed by atoms with Crippen LogP contribution >= 0.6 is 0 Å². The first-order valence-electron chi connectivity index (χ1n) is 21.3. The average Bonchev–Trinajstić information content (AvgIpc) is 3.88. The molecule has 0 aliphatic rings. The Balaban J connectivity index is 1.27. The summed E-state index contributed by atoms with van der Waals surface area (Å²) in [6, 6.07) is 74.8. The molecule has 4 nitrogen and oxygen atoms in total. The van der Waals surface area contributed by atoms with Crippen molar-refractivity contribution in [1.82, 2.24) is 19.1 Å². The molecule has 0 aliphatic heterocycles. The minimum Gasteiger partial charge on any atom is -0.306 e. The van der Waals surface area contributed by atoms with Gasteiger partial charge in [-0.1, -0.05) is 182 Å². The largest absolute Gasteiger partial charge is 0.306 e. The lowest BCUT2D eigenvalue weighted by atomic mass is 9.89. The van der Waals surface area contributed by atoms with Gasteiger partial charge in [0.15, 0.2) is 0 Å². The van der Waals surface area contributed by atoms with Crippen LogP contribution in [0.1, 0.15) is 0 Å². The fourth-order valence-corrected chi connectivity index (χ4v) is 10.7. The first-order valence-corrected chi connectivity index (χ1v) is 21.3. The highest BCUT2D eigenvalue weighted by molar-refractivity contribution is 6.43. The Morgan fingerprint density at radius 2 is 0.806 bits per heavy atom. The number of rotatable bonds is 3. The van der Waals surface area contributed by atoms with E-state index in [0.29, 0.717) is 5.95 Å². The number of benzene rings is 11. The molecule has 14 aromatic rings. The smallest absolute Gasteiger partial charge is 0.235 e. The van der Waals surface area contributed by atoms with Gasteiger partial charge < -0.3 is 4.57 Å². The third kappa shape index (κ3) is 4.45. The van der Waals surface area contributed by atoms with Crippen molar-refractivity contribution < 1.29 is 0 Å². The first-order chi connectivity index (χ1) is 30.8. The number of hydrogen-bond acceptors (Lipinski definition) is 2. The highest BCUT2D eigenvalue weighted by Gasteiger charge is 2.27. The van der Waals surface area contributed by atoms with Crippen LogP contribution in [0.3, 0.4) is 0 Å². The standard InChI is InChI=1S/C58H34N4/c1-3-18-36(19-4-1)53-48-32-31-35-17-7-8-22-38(35)54(48)60-58(59-53)62-49-30-16-15-25-41(49)46-33-34-47-51-45-29-14-13-28-44(45)50-42-26-11-9-23-39(42)40-24-10-12-27-43(40)52(50)57(51)61(56(47)55(46)62)37-20-5-2-6-21-37/h1-34H. The van der Waals surface area contributed by atoms with Crippen molar-refractivity contribution in [1.29, 1.82) is 0 Å². The Kier molecular flexibility index (Phi) is 6.80. The minimum atomic E-state index is 0.641. The van der Waals surface area contributed by atoms with Crippen LogP contribution in [0.5, 0.6) is 0 Å². The summed E-state index contributed by atoms with van der Waals surface area (Å²) in [7, 11) is 0. The third-order valence-corrected chi connectivity index (χ3v) is 13.2. The highest BCUT2D eigenvalue weighted by atomic mass is 15.2. The van der Waals surface area contributed by atoms with Crippen LogP contribution < -0.4 is 0 Å². The van der Waals surface area contributed by atoms with Gasteiger partial charge in [0.1, 0.15) is 0 Å². The molecule has 0 bridgehead atoms. The summed E-state index contributed by atoms with van der Waals surface area (Å²) in [6.07, 6.45) is 0. The molecule has 0 amide bonds. The lowest BCUT2D eigenvalue weighted by Gasteiger charge is -2.17. The van der Waals surface area contributed by atoms with Crippen LogP contribution in [0.25, 0.3) is 131 Å². The van der Waals surface area contributed by atoms with Gasteiger partial charge in [0.05, 0.1) is 33.3 Å². The van der Waals surface area contributed by atoms with Gasteiger partial charge in [-0.3, -0.25) is 4.57 Å². The van der Waals surface area contributed by atoms with E-state index in [-0.39, 0.29) is 0 Å². The van der Waals surface area contributed by atoms with Crippen molar-refractivity contribution in [3.05, 3.63) is 206 Å². The summed E-state index contributed by atoms with van der Waals surface area (Å²) in [4.78, 5) is 11.2. The van der Waals surface area contributed by atoms with E-state index in [1.165, 1.54) is 59.4 Å². The molecule has 3 heterocycles. The number of aromatic nitrogens is 4. The molecular weight excluding hydrogens is 753 g/mol. The first kappa shape index (κ1) is 33.5. The molecule has 0 saturated carbocycles. The molecule has 0 unspecified atom stereocenters. The Hall–Kier alpha value is -8.34. The van der Waals surface area contributed by atoms with E-state index in [2.05, 4.69) is 215 Å². The molecule has 0 atom stereocenters. The summed E-state index contributed by atoms with van der Waals surface area (Å²) in [6.45, 7) is 0. The summed E-state index contributed by atoms with van der Waals surface area (Å²) in [5.74, 6) is 0.641. The van der Waals surface area contributed by atoms with Crippen molar-refractivity contribution in [3.8, 4) is 22.9 Å². The van der Waals surface area contributed by atoms with E-state index < -0.39 is 0 Å². The summed E-state index contributed by atoms with van der Waals surface area (Å²) in [5.41, 5.74) is 8.45. The van der Waals surface area contributed by atoms with Crippen molar-refractivity contribution in [3.63, 3.8) is 0 Å². The predicted molar refractivity (Wildman–Crippen MR) is 261 cm³/mol. The van der Waals surface area contributed by atoms with Crippen molar-refractivity contribution in [2.75, 3.05) is 0 Å². The van der Waals surface area contributed by atoms with Crippen molar-refractivity contribution in [2.24, 2.45) is 0 Å². The topological polar surface area (TPSA) is 35.6 Å². The zero-order chi connectivity index (χ0) is 40.5. The lowest BCUT2D eigenvalue weighted by Crippen LogP contribution is -2.05. The van der Waals surface area contributed by atoms with Crippen LogP contribution in [0.2, 0.25) is 0 Å². The molecule has 11 aromatic carbocycles. The van der Waals surface area contributed by atoms with E-state index >= 15 is 0 Å². The fraction of sp³-hybridized carbons (Fsp3) is 0. The molecule has 0 saturated heterocycles. The second-order valence-electron chi connectivity index (χ2n) is 16.4. The van der Waals surface area contributed by atoms with Gasteiger partial charge in [-0.2, -0.15) is 0 Å². The molecule has 0 aliphatic carbocycles. The maximum Gasteiger partial charge on any atom is 0.235 e. The molecule has 62 heavy (non-hydrogen) atoms. The monoisotopic (exact) mass is 786 g/mol. The molecular formula is C58H34N4. The Morgan fingerprint density at radius 1 is 0.290 bits per heavy atom. The van der Waals surface area contributed by atoms with Gasteiger partial charge in [-0.15, -0.1) is 0 Å². The van der Waals surface area contributed by atoms with Crippen molar-refractivity contribution >= 4 is 108 Å². The van der Waals surface area contributed by atoms with Crippen LogP contribution in [0.4, 0.5) is 0 Å². The zero-order valence-corrected chi connectivity index (χ0v) is 33.4. The molecule has 14 rings (SSSR count). The third-order valence-electron chi connectivity index (χ3n) is 13.2. The van der Waals surface area contributed by atoms with E-state index in [4.69, 9.17) is 9.97 Å². The second kappa shape index (κ2) is 12.6. The predicted octanol–water partition coefficient (Wildman–Crippen LogP) is 15.3. The number of fused-ring (bicyclic) bond motifs is 20. The Bertz CT molecular complexity index is 4200. The second-order valence-corrected chi connectivity index (χ2v) is 16.4. The maximum absolute atomic E-state index is 5.61. The molecule has 286 valence electrons. The van der Waals surface area contributed by atoms with Crippen LogP contribution in [-0.2, 0) is 0 Å². The van der Waals surface area contributed by atoms with E-state index in [1.807, 2.05) is 0 Å². The molecule has 0 N–H and O–H groups in total. The van der Waals surface area contributed by atoms with Crippen LogP contribution in [-0.4, -0.2) is 19.1 Å². The van der Waals surface area contributed by atoms with Gasteiger partial charge in [0, 0.05) is 54.3 Å². The van der Waals surface area contributed by atoms with E-state index in [1.54, 1.807) is 0 Å². The number of para-hydroxylation sites is 2. The SMILES string of the molecule is c1ccc(-c2nc(-n3c4ccccc4c4ccc5c6c7ccccc7c7c8ccccc8c8ccccc8c7c6n(-c6ccccc6)c5c43)nc3c2ccc2ccccc23)cc1. The van der Waals surface area contributed by atoms with E-state index in [0.717, 1.165) is 65.9 Å². The quantitative estimate of drug-likeness (QED) is 0.167. The van der Waals surface area contributed by atoms with Crippen LogP contribution in [0.15, 0.2) is 206 Å². The van der Waals surface area contributed by atoms with Crippen molar-refractivity contribution in [2.45, 2.75) is 0 Å². The Morgan fingerprint density at radius 3 is 1.53 bits per heavy atom. The molecule has 0 fully saturated rings.